The zero-order chi connectivity index (χ0) is 22.2. The molecule has 0 aliphatic carbocycles. The van der Waals surface area contributed by atoms with Crippen molar-refractivity contribution in [2.24, 2.45) is 5.92 Å². The number of hydrogen-bond acceptors (Lipinski definition) is 4. The molecule has 2 aromatic carbocycles. The Hall–Kier alpha value is -2.38. The van der Waals surface area contributed by atoms with Gasteiger partial charge in [0, 0.05) is 31.0 Å². The summed E-state index contributed by atoms with van der Waals surface area (Å²) in [4.78, 5) is 13.4. The van der Waals surface area contributed by atoms with Crippen LogP contribution in [0.15, 0.2) is 53.4 Å². The van der Waals surface area contributed by atoms with Crippen LogP contribution in [0.25, 0.3) is 0 Å². The number of aryl methyl sites for hydroxylation is 1. The SMILES string of the molecule is Cc1ccc2c(c1)[C@H](NC(=O)C1CCN(S(=O)(=O)c3ccccc3)CC1)CC(C)(C)O2. The lowest BCUT2D eigenvalue weighted by Gasteiger charge is -2.39. The second-order valence-electron chi connectivity index (χ2n) is 9.16. The molecule has 0 spiro atoms. The van der Waals surface area contributed by atoms with Crippen molar-refractivity contribution in [1.82, 2.24) is 9.62 Å². The molecule has 0 unspecified atom stereocenters. The highest BCUT2D eigenvalue weighted by Gasteiger charge is 2.37. The largest absolute Gasteiger partial charge is 0.487 e. The third-order valence-electron chi connectivity index (χ3n) is 6.14. The molecular formula is C24H30N2O4S. The molecule has 2 aliphatic rings. The first-order valence-corrected chi connectivity index (χ1v) is 12.2. The minimum atomic E-state index is -3.51. The number of nitrogens with zero attached hydrogens (tertiary/aromatic N) is 1. The number of rotatable bonds is 4. The van der Waals surface area contributed by atoms with Crippen molar-refractivity contribution >= 4 is 15.9 Å². The molecule has 2 aliphatic heterocycles. The summed E-state index contributed by atoms with van der Waals surface area (Å²) in [6, 6.07) is 14.4. The van der Waals surface area contributed by atoms with E-state index in [4.69, 9.17) is 4.74 Å². The van der Waals surface area contributed by atoms with Crippen LogP contribution < -0.4 is 10.1 Å². The number of carbonyl (C=O) groups is 1. The molecule has 31 heavy (non-hydrogen) atoms. The number of carbonyl (C=O) groups excluding carboxylic acids is 1. The van der Waals surface area contributed by atoms with Crippen LogP contribution in [0.5, 0.6) is 5.75 Å². The van der Waals surface area contributed by atoms with Crippen molar-refractivity contribution in [3.8, 4) is 5.75 Å². The molecule has 0 aromatic heterocycles. The summed E-state index contributed by atoms with van der Waals surface area (Å²) < 4.78 is 33.3. The number of sulfonamides is 1. The number of ether oxygens (including phenoxy) is 1. The quantitative estimate of drug-likeness (QED) is 0.781. The van der Waals surface area contributed by atoms with Gasteiger partial charge in [-0.2, -0.15) is 4.31 Å². The van der Waals surface area contributed by atoms with Crippen LogP contribution in [0.2, 0.25) is 0 Å². The lowest BCUT2D eigenvalue weighted by Crippen LogP contribution is -2.46. The molecule has 1 amide bonds. The molecule has 2 aromatic rings. The molecule has 2 heterocycles. The van der Waals surface area contributed by atoms with Gasteiger partial charge in [-0.25, -0.2) is 8.42 Å². The van der Waals surface area contributed by atoms with Gasteiger partial charge >= 0.3 is 0 Å². The summed E-state index contributed by atoms with van der Waals surface area (Å²) in [5, 5.41) is 3.23. The average Bonchev–Trinajstić information content (AvgIpc) is 2.74. The van der Waals surface area contributed by atoms with Gasteiger partial charge in [0.15, 0.2) is 0 Å². The van der Waals surface area contributed by atoms with Crippen LogP contribution >= 0.6 is 0 Å². The predicted molar refractivity (Wildman–Crippen MR) is 119 cm³/mol. The predicted octanol–water partition coefficient (Wildman–Crippen LogP) is 3.81. The second kappa shape index (κ2) is 8.28. The highest BCUT2D eigenvalue weighted by Crippen LogP contribution is 2.40. The zero-order valence-corrected chi connectivity index (χ0v) is 19.1. The molecule has 166 valence electrons. The number of fused-ring (bicyclic) bond motifs is 1. The first-order valence-electron chi connectivity index (χ1n) is 10.8. The van der Waals surface area contributed by atoms with E-state index in [-0.39, 0.29) is 23.5 Å². The number of piperidine rings is 1. The van der Waals surface area contributed by atoms with E-state index in [1.54, 1.807) is 30.3 Å². The highest BCUT2D eigenvalue weighted by molar-refractivity contribution is 7.89. The van der Waals surface area contributed by atoms with Crippen molar-refractivity contribution in [1.29, 1.82) is 0 Å². The third kappa shape index (κ3) is 4.62. The minimum absolute atomic E-state index is 0.00749. The van der Waals surface area contributed by atoms with Crippen LogP contribution in [0.1, 0.15) is 50.3 Å². The van der Waals surface area contributed by atoms with Crippen LogP contribution in [0.3, 0.4) is 0 Å². The van der Waals surface area contributed by atoms with Crippen LogP contribution in [-0.4, -0.2) is 37.3 Å². The molecule has 0 saturated carbocycles. The molecular weight excluding hydrogens is 412 g/mol. The summed E-state index contributed by atoms with van der Waals surface area (Å²) >= 11 is 0. The van der Waals surface area contributed by atoms with Crippen LogP contribution in [0, 0.1) is 12.8 Å². The van der Waals surface area contributed by atoms with Gasteiger partial charge in [-0.3, -0.25) is 4.79 Å². The smallest absolute Gasteiger partial charge is 0.243 e. The van der Waals surface area contributed by atoms with Gasteiger partial charge in [-0.15, -0.1) is 0 Å². The summed E-state index contributed by atoms with van der Waals surface area (Å²) in [5.41, 5.74) is 1.77. The van der Waals surface area contributed by atoms with Gasteiger partial charge in [-0.1, -0.05) is 35.9 Å². The van der Waals surface area contributed by atoms with Crippen molar-refractivity contribution in [3.63, 3.8) is 0 Å². The number of benzene rings is 2. The van der Waals surface area contributed by atoms with Crippen molar-refractivity contribution in [2.75, 3.05) is 13.1 Å². The average molecular weight is 443 g/mol. The Morgan fingerprint density at radius 3 is 2.45 bits per heavy atom. The van der Waals surface area contributed by atoms with Gasteiger partial charge in [0.25, 0.3) is 0 Å². The number of hydrogen-bond donors (Lipinski definition) is 1. The fraction of sp³-hybridized carbons (Fsp3) is 0.458. The summed E-state index contributed by atoms with van der Waals surface area (Å²) in [6.45, 7) is 6.79. The number of nitrogens with one attached hydrogen (secondary N) is 1. The topological polar surface area (TPSA) is 75.7 Å². The number of amides is 1. The Balaban J connectivity index is 1.43. The zero-order valence-electron chi connectivity index (χ0n) is 18.3. The minimum Gasteiger partial charge on any atom is -0.487 e. The molecule has 4 rings (SSSR count). The summed E-state index contributed by atoms with van der Waals surface area (Å²) in [5.74, 6) is 0.615. The van der Waals surface area contributed by atoms with E-state index >= 15 is 0 Å². The molecule has 0 bridgehead atoms. The fourth-order valence-electron chi connectivity index (χ4n) is 4.49. The molecule has 7 heteroatoms. The van der Waals surface area contributed by atoms with Gasteiger partial charge in [0.05, 0.1) is 10.9 Å². The van der Waals surface area contributed by atoms with Crippen LogP contribution in [-0.2, 0) is 14.8 Å². The van der Waals surface area contributed by atoms with Crippen molar-refractivity contribution in [2.45, 2.75) is 56.6 Å². The van der Waals surface area contributed by atoms with Crippen molar-refractivity contribution in [3.05, 3.63) is 59.7 Å². The van der Waals surface area contributed by atoms with Gasteiger partial charge in [-0.05, 0) is 51.8 Å². The van der Waals surface area contributed by atoms with Gasteiger partial charge in [0.1, 0.15) is 11.4 Å². The standard InChI is InChI=1S/C24H30N2O4S/c1-17-9-10-22-20(15-17)21(16-24(2,3)30-22)25-23(27)18-11-13-26(14-12-18)31(28,29)19-7-5-4-6-8-19/h4-10,15,18,21H,11-14,16H2,1-3H3,(H,25,27)/t21-/m1/s1. The van der Waals surface area contributed by atoms with Gasteiger partial charge in [0.2, 0.25) is 15.9 Å². The molecule has 0 radical (unpaired) electrons. The monoisotopic (exact) mass is 442 g/mol. The fourth-order valence-corrected chi connectivity index (χ4v) is 5.98. The first kappa shape index (κ1) is 21.8. The Bertz CT molecular complexity index is 1060. The maximum atomic E-state index is 13.1. The normalized spacial score (nSPS) is 21.7. The van der Waals surface area contributed by atoms with E-state index < -0.39 is 10.0 Å². The lowest BCUT2D eigenvalue weighted by molar-refractivity contribution is -0.127. The van der Waals surface area contributed by atoms with E-state index in [0.29, 0.717) is 37.2 Å². The lowest BCUT2D eigenvalue weighted by atomic mass is 9.88. The third-order valence-corrected chi connectivity index (χ3v) is 8.06. The second-order valence-corrected chi connectivity index (χ2v) is 11.1. The molecule has 1 N–H and O–H groups in total. The highest BCUT2D eigenvalue weighted by atomic mass is 32.2. The Morgan fingerprint density at radius 2 is 1.77 bits per heavy atom. The first-order chi connectivity index (χ1) is 14.7. The Kier molecular flexibility index (Phi) is 5.83. The van der Waals surface area contributed by atoms with E-state index in [2.05, 4.69) is 11.4 Å². The summed E-state index contributed by atoms with van der Waals surface area (Å²) in [7, 11) is -3.51. The van der Waals surface area contributed by atoms with Gasteiger partial charge < -0.3 is 10.1 Å². The molecule has 1 saturated heterocycles. The maximum absolute atomic E-state index is 13.1. The van der Waals surface area contributed by atoms with Crippen LogP contribution in [0.4, 0.5) is 0 Å². The Labute approximate surface area is 184 Å². The molecule has 1 atom stereocenters. The van der Waals surface area contributed by atoms with Crippen molar-refractivity contribution < 1.29 is 17.9 Å². The Morgan fingerprint density at radius 1 is 1.10 bits per heavy atom. The van der Waals surface area contributed by atoms with E-state index in [0.717, 1.165) is 16.9 Å². The summed E-state index contributed by atoms with van der Waals surface area (Å²) in [6.07, 6.45) is 1.73. The van der Waals surface area contributed by atoms with E-state index in [1.807, 2.05) is 32.9 Å². The van der Waals surface area contributed by atoms with E-state index in [1.165, 1.54) is 4.31 Å². The molecule has 6 nitrogen and oxygen atoms in total. The molecule has 1 fully saturated rings. The van der Waals surface area contributed by atoms with E-state index in [9.17, 15) is 13.2 Å². The maximum Gasteiger partial charge on any atom is 0.243 e.